The maximum absolute atomic E-state index is 14.4. The molecule has 1 saturated heterocycles. The lowest BCUT2D eigenvalue weighted by atomic mass is 10.1. The largest absolute Gasteiger partial charge is 0.466 e. The van der Waals surface area contributed by atoms with E-state index in [4.69, 9.17) is 13.9 Å². The molecule has 166 valence electrons. The average Bonchev–Trinajstić information content (AvgIpc) is 3.19. The molecule has 0 saturated carbocycles. The molecule has 30 heavy (non-hydrogen) atoms. The summed E-state index contributed by atoms with van der Waals surface area (Å²) in [5.41, 5.74) is 1.88. The summed E-state index contributed by atoms with van der Waals surface area (Å²) in [7, 11) is 0. The summed E-state index contributed by atoms with van der Waals surface area (Å²) in [6.07, 6.45) is 4.20. The summed E-state index contributed by atoms with van der Waals surface area (Å²) in [4.78, 5) is 9.82. The summed E-state index contributed by atoms with van der Waals surface area (Å²) in [6, 6.07) is 6.84. The van der Waals surface area contributed by atoms with Gasteiger partial charge in [-0.25, -0.2) is 4.39 Å². The van der Waals surface area contributed by atoms with Crippen LogP contribution in [0.25, 0.3) is 23.5 Å². The second kappa shape index (κ2) is 13.7. The van der Waals surface area contributed by atoms with Crippen LogP contribution in [0.2, 0.25) is 0 Å². The second-order valence-electron chi connectivity index (χ2n) is 6.10. The summed E-state index contributed by atoms with van der Waals surface area (Å²) < 4.78 is 35.6. The Morgan fingerprint density at radius 3 is 2.27 bits per heavy atom. The van der Waals surface area contributed by atoms with E-state index in [1.54, 1.807) is 13.0 Å². The van der Waals surface area contributed by atoms with Crippen molar-refractivity contribution in [3.63, 3.8) is 0 Å². The Morgan fingerprint density at radius 1 is 1.17 bits per heavy atom. The predicted molar refractivity (Wildman–Crippen MR) is 117 cm³/mol. The van der Waals surface area contributed by atoms with Crippen LogP contribution in [0.15, 0.2) is 28.7 Å². The van der Waals surface area contributed by atoms with Gasteiger partial charge in [-0.15, -0.1) is 0 Å². The van der Waals surface area contributed by atoms with Gasteiger partial charge in [0.25, 0.3) is 0 Å². The van der Waals surface area contributed by atoms with Gasteiger partial charge in [-0.3, -0.25) is 4.79 Å². The highest BCUT2D eigenvalue weighted by Gasteiger charge is 2.19. The van der Waals surface area contributed by atoms with Gasteiger partial charge in [-0.1, -0.05) is 26.0 Å². The highest BCUT2D eigenvalue weighted by molar-refractivity contribution is 5.65. The maximum Gasteiger partial charge on any atom is 0.302 e. The number of furan rings is 1. The van der Waals surface area contributed by atoms with E-state index < -0.39 is 6.29 Å². The third-order valence-electron chi connectivity index (χ3n) is 4.07. The van der Waals surface area contributed by atoms with Crippen molar-refractivity contribution in [2.24, 2.45) is 0 Å². The van der Waals surface area contributed by atoms with Crippen molar-refractivity contribution >= 4 is 18.1 Å². The summed E-state index contributed by atoms with van der Waals surface area (Å²) >= 11 is 0. The number of ether oxygens (including phenoxy) is 3. The van der Waals surface area contributed by atoms with Crippen LogP contribution in [-0.4, -0.2) is 25.8 Å². The Kier molecular flexibility index (Phi) is 11.7. The van der Waals surface area contributed by atoms with Gasteiger partial charge in [0, 0.05) is 17.7 Å². The Labute approximate surface area is 178 Å². The summed E-state index contributed by atoms with van der Waals surface area (Å²) in [5, 5.41) is 0.958. The van der Waals surface area contributed by atoms with Crippen LogP contribution in [-0.2, 0) is 19.0 Å². The topological polar surface area (TPSA) is 57.9 Å². The number of carbonyl (C=O) groups is 1. The van der Waals surface area contributed by atoms with Crippen LogP contribution in [0.5, 0.6) is 0 Å². The van der Waals surface area contributed by atoms with E-state index in [1.165, 1.54) is 13.0 Å². The van der Waals surface area contributed by atoms with Gasteiger partial charge in [0.2, 0.25) is 0 Å². The third kappa shape index (κ3) is 7.43. The zero-order valence-corrected chi connectivity index (χ0v) is 18.8. The zero-order valence-electron chi connectivity index (χ0n) is 18.8. The standard InChI is InChI=1S/C18H19FO3.C4H8O2.C2H6/c1-3-12-11-17(22-16(12)4-2)14-7-6-13(10-15(14)19)18-20-8-5-9-21-18;1-3-6-4(2)5;1-2/h3-4,6-7,10-11,18H,5,8-9H2,1-2H3;3H2,1-2H3;1-2H3/b12-3-,16-4+;;. The molecule has 3 rings (SSSR count). The number of hydrogen-bond acceptors (Lipinski definition) is 5. The van der Waals surface area contributed by atoms with E-state index in [9.17, 15) is 9.18 Å². The molecule has 1 aromatic heterocycles. The molecular weight excluding hydrogens is 387 g/mol. The fourth-order valence-corrected chi connectivity index (χ4v) is 2.76. The minimum absolute atomic E-state index is 0.211. The molecule has 0 unspecified atom stereocenters. The Bertz CT molecular complexity index is 863. The SMILES string of the molecule is C/C=c1/cc(-c2ccc(C3OCCCO3)cc2F)o/c1=C/C.CC.CCOC(C)=O. The maximum atomic E-state index is 14.4. The molecule has 6 heteroatoms. The molecule has 1 aliphatic heterocycles. The number of halogens is 1. The number of benzene rings is 1. The Morgan fingerprint density at radius 2 is 1.83 bits per heavy atom. The van der Waals surface area contributed by atoms with Crippen LogP contribution in [0.1, 0.15) is 59.8 Å². The van der Waals surface area contributed by atoms with E-state index in [1.807, 2.05) is 52.0 Å². The first-order valence-electron chi connectivity index (χ1n) is 10.4. The molecule has 2 aromatic rings. The van der Waals surface area contributed by atoms with Gasteiger partial charge in [0.1, 0.15) is 17.0 Å². The molecule has 2 heterocycles. The molecule has 1 aromatic carbocycles. The normalized spacial score (nSPS) is 15.0. The molecule has 0 bridgehead atoms. The van der Waals surface area contributed by atoms with Gasteiger partial charge < -0.3 is 18.6 Å². The van der Waals surface area contributed by atoms with Crippen molar-refractivity contribution in [3.8, 4) is 11.3 Å². The Balaban J connectivity index is 0.000000487. The van der Waals surface area contributed by atoms with Crippen LogP contribution in [0.4, 0.5) is 4.39 Å². The lowest BCUT2D eigenvalue weighted by Crippen LogP contribution is -2.17. The molecule has 0 spiro atoms. The first-order valence-corrected chi connectivity index (χ1v) is 10.4. The van der Waals surface area contributed by atoms with E-state index in [0.717, 1.165) is 17.1 Å². The highest BCUT2D eigenvalue weighted by atomic mass is 19.1. The molecule has 0 radical (unpaired) electrons. The van der Waals surface area contributed by atoms with E-state index in [-0.39, 0.29) is 11.8 Å². The number of rotatable bonds is 3. The lowest BCUT2D eigenvalue weighted by molar-refractivity contribution is -0.183. The smallest absolute Gasteiger partial charge is 0.302 e. The van der Waals surface area contributed by atoms with Crippen molar-refractivity contribution in [1.29, 1.82) is 0 Å². The van der Waals surface area contributed by atoms with Crippen molar-refractivity contribution in [1.82, 2.24) is 0 Å². The van der Waals surface area contributed by atoms with E-state index >= 15 is 0 Å². The molecule has 0 atom stereocenters. The first kappa shape index (κ1) is 25.6. The quantitative estimate of drug-likeness (QED) is 0.673. The molecule has 0 aliphatic carbocycles. The predicted octanol–water partition coefficient (Wildman–Crippen LogP) is 4.72. The number of esters is 1. The van der Waals surface area contributed by atoms with Gasteiger partial charge in [0.05, 0.1) is 25.4 Å². The highest BCUT2D eigenvalue weighted by Crippen LogP contribution is 2.28. The molecule has 0 amide bonds. The summed E-state index contributed by atoms with van der Waals surface area (Å²) in [6.45, 7) is 12.8. The monoisotopic (exact) mass is 420 g/mol. The third-order valence-corrected chi connectivity index (χ3v) is 4.07. The van der Waals surface area contributed by atoms with E-state index in [0.29, 0.717) is 36.7 Å². The van der Waals surface area contributed by atoms with Gasteiger partial charge in [-0.2, -0.15) is 0 Å². The minimum Gasteiger partial charge on any atom is -0.466 e. The second-order valence-corrected chi connectivity index (χ2v) is 6.10. The van der Waals surface area contributed by atoms with Crippen molar-refractivity contribution in [2.45, 2.75) is 54.3 Å². The number of carbonyl (C=O) groups excluding carboxylic acids is 1. The summed E-state index contributed by atoms with van der Waals surface area (Å²) in [5.74, 6) is -0.0254. The molecule has 0 N–H and O–H groups in total. The average molecular weight is 421 g/mol. The van der Waals surface area contributed by atoms with Gasteiger partial charge >= 0.3 is 5.97 Å². The molecule has 1 aliphatic rings. The minimum atomic E-state index is -0.479. The van der Waals surface area contributed by atoms with Crippen LogP contribution >= 0.6 is 0 Å². The fourth-order valence-electron chi connectivity index (χ4n) is 2.76. The first-order chi connectivity index (χ1) is 14.5. The fraction of sp³-hybridized carbons (Fsp3) is 0.458. The van der Waals surface area contributed by atoms with E-state index in [2.05, 4.69) is 4.74 Å². The lowest BCUT2D eigenvalue weighted by Gasteiger charge is -2.23. The van der Waals surface area contributed by atoms with Crippen molar-refractivity contribution < 1.29 is 27.8 Å². The van der Waals surface area contributed by atoms with Gasteiger partial charge in [-0.05, 0) is 51.5 Å². The molecule has 5 nitrogen and oxygen atoms in total. The zero-order chi connectivity index (χ0) is 22.5. The van der Waals surface area contributed by atoms with Crippen LogP contribution in [0.3, 0.4) is 0 Å². The van der Waals surface area contributed by atoms with Crippen molar-refractivity contribution in [3.05, 3.63) is 46.3 Å². The Hall–Kier alpha value is -2.44. The van der Waals surface area contributed by atoms with Crippen molar-refractivity contribution in [2.75, 3.05) is 19.8 Å². The number of hydrogen-bond donors (Lipinski definition) is 0. The molecular formula is C24H33FO5. The van der Waals surface area contributed by atoms with Crippen LogP contribution in [0, 0.1) is 5.82 Å². The van der Waals surface area contributed by atoms with Gasteiger partial charge in [0.15, 0.2) is 6.29 Å². The van der Waals surface area contributed by atoms with Crippen LogP contribution < -0.4 is 10.6 Å². The molecule has 1 fully saturated rings.